The van der Waals surface area contributed by atoms with E-state index in [1.807, 2.05) is 0 Å². The van der Waals surface area contributed by atoms with Crippen molar-refractivity contribution in [2.45, 2.75) is 4.90 Å². The van der Waals surface area contributed by atoms with Crippen LogP contribution in [-0.4, -0.2) is 36.6 Å². The molecular weight excluding hydrogens is 395 g/mol. The second-order valence-corrected chi connectivity index (χ2v) is 7.06. The van der Waals surface area contributed by atoms with Gasteiger partial charge < -0.3 is 10.4 Å². The highest BCUT2D eigenvalue weighted by Crippen LogP contribution is 2.30. The molecule has 1 heterocycles. The number of benzene rings is 1. The third-order valence-electron chi connectivity index (χ3n) is 2.96. The molecule has 0 radical (unpaired) electrons. The SMILES string of the molecule is O=[N+]([O-])c1ccc(NCCO)c(NS(=O)(=O)c2ccc(Cl)nc2Cl)c1. The van der Waals surface area contributed by atoms with Crippen LogP contribution in [0.1, 0.15) is 0 Å². The fraction of sp³-hybridized carbons (Fsp3) is 0.154. The van der Waals surface area contributed by atoms with Crippen molar-refractivity contribution in [1.29, 1.82) is 0 Å². The smallest absolute Gasteiger partial charge is 0.271 e. The largest absolute Gasteiger partial charge is 0.395 e. The molecule has 2 aromatic rings. The van der Waals surface area contributed by atoms with Gasteiger partial charge in [-0.25, -0.2) is 13.4 Å². The Balaban J connectivity index is 2.45. The van der Waals surface area contributed by atoms with Gasteiger partial charge in [0.25, 0.3) is 15.7 Å². The molecule has 2 rings (SSSR count). The molecule has 1 aromatic heterocycles. The number of rotatable bonds is 7. The quantitative estimate of drug-likeness (QED) is 0.365. The van der Waals surface area contributed by atoms with Gasteiger partial charge in [0.05, 0.1) is 22.9 Å². The topological polar surface area (TPSA) is 134 Å². The van der Waals surface area contributed by atoms with E-state index in [2.05, 4.69) is 15.0 Å². The second-order valence-electron chi connectivity index (χ2n) is 4.67. The minimum Gasteiger partial charge on any atom is -0.395 e. The monoisotopic (exact) mass is 406 g/mol. The Bertz CT molecular complexity index is 907. The fourth-order valence-corrected chi connectivity index (χ4v) is 3.61. The lowest BCUT2D eigenvalue weighted by atomic mass is 10.2. The van der Waals surface area contributed by atoms with Gasteiger partial charge in [-0.1, -0.05) is 23.2 Å². The summed E-state index contributed by atoms with van der Waals surface area (Å²) in [4.78, 5) is 13.6. The van der Waals surface area contributed by atoms with Crippen LogP contribution in [0, 0.1) is 10.1 Å². The number of nitrogens with zero attached hydrogens (tertiary/aromatic N) is 2. The van der Waals surface area contributed by atoms with Gasteiger partial charge in [-0.2, -0.15) is 0 Å². The van der Waals surface area contributed by atoms with Crippen LogP contribution in [-0.2, 0) is 10.0 Å². The molecule has 0 aliphatic rings. The van der Waals surface area contributed by atoms with E-state index in [4.69, 9.17) is 28.3 Å². The predicted octanol–water partition coefficient (Wildman–Crippen LogP) is 2.50. The summed E-state index contributed by atoms with van der Waals surface area (Å²) in [5, 5.41) is 22.3. The van der Waals surface area contributed by atoms with Gasteiger partial charge in [-0.05, 0) is 18.2 Å². The number of nitro benzene ring substituents is 1. The van der Waals surface area contributed by atoms with Crippen LogP contribution in [0.15, 0.2) is 35.2 Å². The van der Waals surface area contributed by atoms with Crippen LogP contribution in [0.4, 0.5) is 17.1 Å². The molecule has 0 spiro atoms. The zero-order valence-corrected chi connectivity index (χ0v) is 14.8. The lowest BCUT2D eigenvalue weighted by molar-refractivity contribution is -0.384. The Morgan fingerprint density at radius 1 is 1.20 bits per heavy atom. The fourth-order valence-electron chi connectivity index (χ4n) is 1.87. The molecule has 0 saturated carbocycles. The Hall–Kier alpha value is -2.14. The number of halogens is 2. The third-order valence-corrected chi connectivity index (χ3v) is 4.96. The Morgan fingerprint density at radius 3 is 2.52 bits per heavy atom. The summed E-state index contributed by atoms with van der Waals surface area (Å²) in [5.41, 5.74) is -0.137. The molecule has 9 nitrogen and oxygen atoms in total. The predicted molar refractivity (Wildman–Crippen MR) is 93.7 cm³/mol. The summed E-state index contributed by atoms with van der Waals surface area (Å²) in [7, 11) is -4.18. The van der Waals surface area contributed by atoms with Crippen molar-refractivity contribution in [2.75, 3.05) is 23.2 Å². The summed E-state index contributed by atoms with van der Waals surface area (Å²) in [6.07, 6.45) is 0. The zero-order chi connectivity index (χ0) is 18.6. The van der Waals surface area contributed by atoms with Crippen LogP contribution >= 0.6 is 23.2 Å². The van der Waals surface area contributed by atoms with Crippen molar-refractivity contribution in [3.8, 4) is 0 Å². The number of aromatic nitrogens is 1. The molecule has 0 aliphatic heterocycles. The first-order valence-electron chi connectivity index (χ1n) is 6.72. The Labute approximate surface area is 152 Å². The number of non-ortho nitro benzene ring substituents is 1. The summed E-state index contributed by atoms with van der Waals surface area (Å²) in [6.45, 7) is -0.0914. The van der Waals surface area contributed by atoms with Crippen molar-refractivity contribution >= 4 is 50.3 Å². The molecule has 3 N–H and O–H groups in total. The lowest BCUT2D eigenvalue weighted by Crippen LogP contribution is -2.16. The highest BCUT2D eigenvalue weighted by molar-refractivity contribution is 7.92. The molecule has 1 aromatic carbocycles. The Morgan fingerprint density at radius 2 is 1.92 bits per heavy atom. The average molecular weight is 407 g/mol. The summed E-state index contributed by atoms with van der Waals surface area (Å²) in [6, 6.07) is 5.99. The van der Waals surface area contributed by atoms with Crippen molar-refractivity contribution in [3.63, 3.8) is 0 Å². The van der Waals surface area contributed by atoms with E-state index in [1.165, 1.54) is 18.2 Å². The summed E-state index contributed by atoms with van der Waals surface area (Å²) < 4.78 is 27.3. The van der Waals surface area contributed by atoms with E-state index in [0.29, 0.717) is 0 Å². The van der Waals surface area contributed by atoms with Gasteiger partial charge in [-0.15, -0.1) is 0 Å². The van der Waals surface area contributed by atoms with Gasteiger partial charge in [0, 0.05) is 18.7 Å². The van der Waals surface area contributed by atoms with Gasteiger partial charge in [-0.3, -0.25) is 14.8 Å². The first-order chi connectivity index (χ1) is 11.7. The number of anilines is 2. The van der Waals surface area contributed by atoms with Crippen LogP contribution in [0.25, 0.3) is 0 Å². The van der Waals surface area contributed by atoms with E-state index in [0.717, 1.165) is 12.1 Å². The molecule has 0 unspecified atom stereocenters. The third kappa shape index (κ3) is 4.69. The van der Waals surface area contributed by atoms with Crippen LogP contribution in [0.5, 0.6) is 0 Å². The summed E-state index contributed by atoms with van der Waals surface area (Å²) >= 11 is 11.5. The number of hydrogen-bond acceptors (Lipinski definition) is 7. The van der Waals surface area contributed by atoms with Crippen molar-refractivity contribution in [1.82, 2.24) is 4.98 Å². The number of pyridine rings is 1. The molecule has 12 heteroatoms. The zero-order valence-electron chi connectivity index (χ0n) is 12.4. The lowest BCUT2D eigenvalue weighted by Gasteiger charge is -2.14. The van der Waals surface area contributed by atoms with Crippen molar-refractivity contribution < 1.29 is 18.4 Å². The molecule has 25 heavy (non-hydrogen) atoms. The van der Waals surface area contributed by atoms with Gasteiger partial charge in [0.1, 0.15) is 10.0 Å². The maximum atomic E-state index is 12.5. The van der Waals surface area contributed by atoms with Crippen LogP contribution in [0.3, 0.4) is 0 Å². The molecule has 0 aliphatic carbocycles. The number of sulfonamides is 1. The molecule has 0 fully saturated rings. The van der Waals surface area contributed by atoms with E-state index < -0.39 is 14.9 Å². The molecule has 0 amide bonds. The molecule has 134 valence electrons. The Kier molecular flexibility index (Phi) is 6.01. The highest BCUT2D eigenvalue weighted by Gasteiger charge is 2.22. The van der Waals surface area contributed by atoms with Crippen molar-refractivity contribution in [2.24, 2.45) is 0 Å². The van der Waals surface area contributed by atoms with E-state index in [-0.39, 0.29) is 45.4 Å². The molecule has 0 bridgehead atoms. The first kappa shape index (κ1) is 19.2. The highest BCUT2D eigenvalue weighted by atomic mass is 35.5. The molecule has 0 atom stereocenters. The van der Waals surface area contributed by atoms with E-state index in [9.17, 15) is 18.5 Å². The standard InChI is InChI=1S/C13H12Cl2N4O5S/c14-12-4-3-11(13(15)17-12)25(23,24)18-10-7-8(19(21)22)1-2-9(10)16-5-6-20/h1-4,7,16,18,20H,5-6H2. The number of hydrogen-bond donors (Lipinski definition) is 3. The molecule has 0 saturated heterocycles. The minimum absolute atomic E-state index is 0.0181. The number of nitro groups is 1. The maximum absolute atomic E-state index is 12.5. The number of nitrogens with one attached hydrogen (secondary N) is 2. The van der Waals surface area contributed by atoms with E-state index >= 15 is 0 Å². The maximum Gasteiger partial charge on any atom is 0.271 e. The minimum atomic E-state index is -4.18. The van der Waals surface area contributed by atoms with Gasteiger partial charge in [0.15, 0.2) is 5.15 Å². The van der Waals surface area contributed by atoms with Crippen LogP contribution in [0.2, 0.25) is 10.3 Å². The van der Waals surface area contributed by atoms with E-state index in [1.54, 1.807) is 0 Å². The van der Waals surface area contributed by atoms with Gasteiger partial charge in [0.2, 0.25) is 0 Å². The second kappa shape index (κ2) is 7.83. The number of aliphatic hydroxyl groups is 1. The van der Waals surface area contributed by atoms with Crippen molar-refractivity contribution in [3.05, 3.63) is 50.8 Å². The first-order valence-corrected chi connectivity index (χ1v) is 8.96. The number of aliphatic hydroxyl groups excluding tert-OH is 1. The van der Waals surface area contributed by atoms with Gasteiger partial charge >= 0.3 is 0 Å². The average Bonchev–Trinajstić information content (AvgIpc) is 2.52. The normalized spacial score (nSPS) is 11.2. The van der Waals surface area contributed by atoms with Crippen LogP contribution < -0.4 is 10.0 Å². The molecular formula is C13H12Cl2N4O5S. The summed E-state index contributed by atoms with van der Waals surface area (Å²) in [5.74, 6) is 0.